The van der Waals surface area contributed by atoms with Crippen LogP contribution in [0.15, 0.2) is 127 Å². The maximum atomic E-state index is 2.50. The van der Waals surface area contributed by atoms with Crippen LogP contribution in [0.1, 0.15) is 25.0 Å². The Bertz CT molecular complexity index is 2360. The third-order valence-electron chi connectivity index (χ3n) is 9.73. The minimum atomic E-state index is -0.0569. The summed E-state index contributed by atoms with van der Waals surface area (Å²) < 4.78 is 4.87. The number of aromatic nitrogens is 2. The van der Waals surface area contributed by atoms with Gasteiger partial charge in [0.2, 0.25) is 0 Å². The van der Waals surface area contributed by atoms with Gasteiger partial charge in [-0.05, 0) is 69.8 Å². The molecule has 0 aliphatic heterocycles. The first-order valence-electron chi connectivity index (χ1n) is 14.8. The van der Waals surface area contributed by atoms with Crippen LogP contribution < -0.4 is 0 Å². The molecule has 2 heteroatoms. The summed E-state index contributed by atoms with van der Waals surface area (Å²) in [6, 6.07) is 47.0. The molecule has 2 aromatic heterocycles. The lowest BCUT2D eigenvalue weighted by atomic mass is 9.82. The standard InChI is InChI=1S/C40H30N2/c1-40(2)33-15-9-7-13-28(33)31-24-37-32(23-34(31)40)38-36(22-21-30-29-14-8-10-16-35(29)41(3)39(30)38)42(37)27-19-17-26(18-20-27)25-11-5-4-6-12-25/h4-24H,1-3H3. The quantitative estimate of drug-likeness (QED) is 0.207. The van der Waals surface area contributed by atoms with E-state index in [-0.39, 0.29) is 5.41 Å². The van der Waals surface area contributed by atoms with Crippen LogP contribution in [0.4, 0.5) is 0 Å². The van der Waals surface area contributed by atoms with Gasteiger partial charge in [0.05, 0.1) is 16.6 Å². The van der Waals surface area contributed by atoms with Crippen molar-refractivity contribution in [2.75, 3.05) is 0 Å². The van der Waals surface area contributed by atoms with Gasteiger partial charge in [-0.15, -0.1) is 0 Å². The van der Waals surface area contributed by atoms with E-state index in [0.717, 1.165) is 0 Å². The molecule has 6 aromatic carbocycles. The highest BCUT2D eigenvalue weighted by molar-refractivity contribution is 6.26. The fourth-order valence-corrected chi connectivity index (χ4v) is 7.68. The third kappa shape index (κ3) is 2.99. The molecule has 0 atom stereocenters. The van der Waals surface area contributed by atoms with Crippen molar-refractivity contribution in [2.45, 2.75) is 19.3 Å². The molecule has 0 radical (unpaired) electrons. The van der Waals surface area contributed by atoms with Crippen LogP contribution >= 0.6 is 0 Å². The van der Waals surface area contributed by atoms with Crippen LogP contribution in [0.25, 0.3) is 71.6 Å². The van der Waals surface area contributed by atoms with Gasteiger partial charge in [0.25, 0.3) is 0 Å². The smallest absolute Gasteiger partial charge is 0.0590 e. The first kappa shape index (κ1) is 23.6. The van der Waals surface area contributed by atoms with E-state index < -0.39 is 0 Å². The second-order valence-electron chi connectivity index (χ2n) is 12.3. The number of nitrogens with zero attached hydrogens (tertiary/aromatic N) is 2. The number of fused-ring (bicyclic) bond motifs is 10. The Labute approximate surface area is 245 Å². The van der Waals surface area contributed by atoms with Crippen LogP contribution in [0.5, 0.6) is 0 Å². The van der Waals surface area contributed by atoms with Crippen LogP contribution in [-0.4, -0.2) is 9.13 Å². The maximum absolute atomic E-state index is 2.50. The van der Waals surface area contributed by atoms with Crippen LogP contribution in [0, 0.1) is 0 Å². The fourth-order valence-electron chi connectivity index (χ4n) is 7.68. The minimum absolute atomic E-state index is 0.0569. The largest absolute Gasteiger partial charge is 0.343 e. The third-order valence-corrected chi connectivity index (χ3v) is 9.73. The van der Waals surface area contributed by atoms with Gasteiger partial charge in [-0.25, -0.2) is 0 Å². The van der Waals surface area contributed by atoms with Crippen molar-refractivity contribution < 1.29 is 0 Å². The SMILES string of the molecule is Cn1c2ccccc2c2ccc3c(c4cc5c(cc4n3-c3ccc(-c4ccccc4)cc3)-c3ccccc3C5(C)C)c21. The predicted octanol–water partition coefficient (Wildman–Crippen LogP) is 10.4. The fraction of sp³-hybridized carbons (Fsp3) is 0.100. The van der Waals surface area contributed by atoms with E-state index in [2.05, 4.69) is 157 Å². The summed E-state index contributed by atoms with van der Waals surface area (Å²) in [6.07, 6.45) is 0. The molecule has 9 rings (SSSR count). The van der Waals surface area contributed by atoms with Gasteiger partial charge in [0, 0.05) is 45.2 Å². The lowest BCUT2D eigenvalue weighted by molar-refractivity contribution is 0.661. The molecule has 1 aliphatic carbocycles. The molecule has 0 saturated heterocycles. The molecule has 2 heterocycles. The first-order valence-corrected chi connectivity index (χ1v) is 14.8. The highest BCUT2D eigenvalue weighted by atomic mass is 15.0. The molecule has 0 saturated carbocycles. The number of hydrogen-bond acceptors (Lipinski definition) is 0. The van der Waals surface area contributed by atoms with Gasteiger partial charge in [-0.2, -0.15) is 0 Å². The molecule has 0 N–H and O–H groups in total. The van der Waals surface area contributed by atoms with E-state index in [1.807, 2.05) is 0 Å². The zero-order chi connectivity index (χ0) is 28.2. The lowest BCUT2D eigenvalue weighted by Crippen LogP contribution is -2.14. The predicted molar refractivity (Wildman–Crippen MR) is 178 cm³/mol. The summed E-state index contributed by atoms with van der Waals surface area (Å²) in [5.74, 6) is 0. The highest BCUT2D eigenvalue weighted by Crippen LogP contribution is 2.51. The number of rotatable bonds is 2. The Morgan fingerprint density at radius 2 is 1.21 bits per heavy atom. The van der Waals surface area contributed by atoms with Crippen LogP contribution in [0.3, 0.4) is 0 Å². The number of hydrogen-bond donors (Lipinski definition) is 0. The van der Waals surface area contributed by atoms with Crippen molar-refractivity contribution in [1.82, 2.24) is 9.13 Å². The van der Waals surface area contributed by atoms with Crippen LogP contribution in [0.2, 0.25) is 0 Å². The Balaban J connectivity index is 1.42. The summed E-state index contributed by atoms with van der Waals surface area (Å²) in [4.78, 5) is 0. The molecule has 42 heavy (non-hydrogen) atoms. The summed E-state index contributed by atoms with van der Waals surface area (Å²) >= 11 is 0. The van der Waals surface area contributed by atoms with E-state index in [1.54, 1.807) is 0 Å². The minimum Gasteiger partial charge on any atom is -0.343 e. The maximum Gasteiger partial charge on any atom is 0.0590 e. The molecule has 0 amide bonds. The Kier molecular flexibility index (Phi) is 4.63. The van der Waals surface area contributed by atoms with E-state index in [9.17, 15) is 0 Å². The molecular formula is C40H30N2. The second-order valence-corrected chi connectivity index (χ2v) is 12.3. The molecule has 200 valence electrons. The number of aryl methyl sites for hydroxylation is 1. The summed E-state index contributed by atoms with van der Waals surface area (Å²) in [5.41, 5.74) is 14.2. The highest BCUT2D eigenvalue weighted by Gasteiger charge is 2.36. The first-order chi connectivity index (χ1) is 20.5. The van der Waals surface area contributed by atoms with Gasteiger partial charge in [0.15, 0.2) is 0 Å². The van der Waals surface area contributed by atoms with E-state index in [0.29, 0.717) is 0 Å². The Morgan fingerprint density at radius 3 is 2.05 bits per heavy atom. The summed E-state index contributed by atoms with van der Waals surface area (Å²) in [5, 5.41) is 5.25. The average molecular weight is 539 g/mol. The van der Waals surface area contributed by atoms with Crippen LogP contribution in [-0.2, 0) is 12.5 Å². The van der Waals surface area contributed by atoms with Crippen molar-refractivity contribution in [3.05, 3.63) is 139 Å². The van der Waals surface area contributed by atoms with E-state index in [1.165, 1.54) is 82.7 Å². The second kappa shape index (κ2) is 8.24. The van der Waals surface area contributed by atoms with E-state index >= 15 is 0 Å². The zero-order valence-electron chi connectivity index (χ0n) is 24.0. The van der Waals surface area contributed by atoms with Crippen molar-refractivity contribution in [3.63, 3.8) is 0 Å². The Hall–Kier alpha value is -5.08. The van der Waals surface area contributed by atoms with Gasteiger partial charge in [-0.1, -0.05) is 105 Å². The van der Waals surface area contributed by atoms with Crippen molar-refractivity contribution in [3.8, 4) is 27.9 Å². The topological polar surface area (TPSA) is 9.86 Å². The molecule has 0 fully saturated rings. The number of para-hydroxylation sites is 1. The number of benzene rings is 6. The molecule has 0 spiro atoms. The van der Waals surface area contributed by atoms with Gasteiger partial charge in [-0.3, -0.25) is 0 Å². The van der Waals surface area contributed by atoms with Gasteiger partial charge < -0.3 is 9.13 Å². The average Bonchev–Trinajstić information content (AvgIpc) is 3.60. The van der Waals surface area contributed by atoms with E-state index in [4.69, 9.17) is 0 Å². The molecule has 0 bridgehead atoms. The Morgan fingerprint density at radius 1 is 0.500 bits per heavy atom. The lowest BCUT2D eigenvalue weighted by Gasteiger charge is -2.21. The summed E-state index contributed by atoms with van der Waals surface area (Å²) in [6.45, 7) is 4.74. The zero-order valence-corrected chi connectivity index (χ0v) is 24.0. The van der Waals surface area contributed by atoms with Crippen molar-refractivity contribution in [1.29, 1.82) is 0 Å². The van der Waals surface area contributed by atoms with Gasteiger partial charge >= 0.3 is 0 Å². The normalized spacial score (nSPS) is 13.8. The molecule has 0 unspecified atom stereocenters. The van der Waals surface area contributed by atoms with Crippen molar-refractivity contribution in [2.24, 2.45) is 7.05 Å². The summed E-state index contributed by atoms with van der Waals surface area (Å²) in [7, 11) is 2.22. The molecule has 8 aromatic rings. The van der Waals surface area contributed by atoms with Gasteiger partial charge in [0.1, 0.15) is 0 Å². The molecule has 2 nitrogen and oxygen atoms in total. The van der Waals surface area contributed by atoms with Crippen molar-refractivity contribution >= 4 is 43.6 Å². The monoisotopic (exact) mass is 538 g/mol. The molecule has 1 aliphatic rings. The molecular weight excluding hydrogens is 508 g/mol.